The molecule has 0 radical (unpaired) electrons. The minimum absolute atomic E-state index is 0.311. The predicted octanol–water partition coefficient (Wildman–Crippen LogP) is 1.68. The standard InChI is InChI=1S/C12H17NO2/c13-5-3-9-4-6-15-12-2-1-11(14)8-10(12)7-9/h1-2,8-9,14H,3-7,13H2. The van der Waals surface area contributed by atoms with E-state index in [9.17, 15) is 5.11 Å². The number of nitrogens with two attached hydrogens (primary N) is 1. The highest BCUT2D eigenvalue weighted by molar-refractivity contribution is 5.40. The van der Waals surface area contributed by atoms with Crippen molar-refractivity contribution < 1.29 is 9.84 Å². The van der Waals surface area contributed by atoms with Gasteiger partial charge < -0.3 is 15.6 Å². The van der Waals surface area contributed by atoms with Crippen LogP contribution in [0.15, 0.2) is 18.2 Å². The highest BCUT2D eigenvalue weighted by atomic mass is 16.5. The van der Waals surface area contributed by atoms with Crippen molar-refractivity contribution in [3.8, 4) is 11.5 Å². The third kappa shape index (κ3) is 2.42. The second-order valence-corrected chi connectivity index (χ2v) is 4.08. The molecule has 1 aromatic carbocycles. The van der Waals surface area contributed by atoms with Crippen molar-refractivity contribution in [1.29, 1.82) is 0 Å². The molecule has 1 atom stereocenters. The van der Waals surface area contributed by atoms with Crippen LogP contribution in [0.4, 0.5) is 0 Å². The summed E-state index contributed by atoms with van der Waals surface area (Å²) >= 11 is 0. The summed E-state index contributed by atoms with van der Waals surface area (Å²) in [7, 11) is 0. The first-order valence-electron chi connectivity index (χ1n) is 5.44. The third-order valence-corrected chi connectivity index (χ3v) is 2.91. The first-order chi connectivity index (χ1) is 7.29. The molecule has 3 nitrogen and oxygen atoms in total. The van der Waals surface area contributed by atoms with Gasteiger partial charge in [-0.3, -0.25) is 0 Å². The molecule has 15 heavy (non-hydrogen) atoms. The van der Waals surface area contributed by atoms with Gasteiger partial charge in [-0.15, -0.1) is 0 Å². The molecule has 1 unspecified atom stereocenters. The number of rotatable bonds is 2. The highest BCUT2D eigenvalue weighted by Crippen LogP contribution is 2.30. The number of benzene rings is 1. The molecule has 82 valence electrons. The van der Waals surface area contributed by atoms with Crippen molar-refractivity contribution in [3.05, 3.63) is 23.8 Å². The third-order valence-electron chi connectivity index (χ3n) is 2.91. The predicted molar refractivity (Wildman–Crippen MR) is 59.1 cm³/mol. The van der Waals surface area contributed by atoms with Gasteiger partial charge in [-0.1, -0.05) is 0 Å². The average Bonchev–Trinajstić information content (AvgIpc) is 2.39. The van der Waals surface area contributed by atoms with Crippen molar-refractivity contribution in [2.45, 2.75) is 19.3 Å². The van der Waals surface area contributed by atoms with Gasteiger partial charge in [0, 0.05) is 0 Å². The Morgan fingerprint density at radius 2 is 2.33 bits per heavy atom. The molecule has 0 spiro atoms. The molecular formula is C12H17NO2. The lowest BCUT2D eigenvalue weighted by Gasteiger charge is -2.11. The Morgan fingerprint density at radius 3 is 3.13 bits per heavy atom. The smallest absolute Gasteiger partial charge is 0.122 e. The number of hydrogen-bond donors (Lipinski definition) is 2. The number of aromatic hydroxyl groups is 1. The molecule has 1 heterocycles. The molecule has 1 aliphatic rings. The fourth-order valence-electron chi connectivity index (χ4n) is 2.10. The van der Waals surface area contributed by atoms with Gasteiger partial charge in [0.25, 0.3) is 0 Å². The summed E-state index contributed by atoms with van der Waals surface area (Å²) in [4.78, 5) is 0. The Morgan fingerprint density at radius 1 is 1.47 bits per heavy atom. The topological polar surface area (TPSA) is 55.5 Å². The second-order valence-electron chi connectivity index (χ2n) is 4.08. The zero-order valence-corrected chi connectivity index (χ0v) is 8.78. The fourth-order valence-corrected chi connectivity index (χ4v) is 2.10. The van der Waals surface area contributed by atoms with Crippen molar-refractivity contribution in [1.82, 2.24) is 0 Å². The zero-order chi connectivity index (χ0) is 10.7. The summed E-state index contributed by atoms with van der Waals surface area (Å²) in [6.07, 6.45) is 3.03. The van der Waals surface area contributed by atoms with Crippen molar-refractivity contribution >= 4 is 0 Å². The number of fused-ring (bicyclic) bond motifs is 1. The van der Waals surface area contributed by atoms with E-state index in [0.717, 1.165) is 43.7 Å². The lowest BCUT2D eigenvalue weighted by Crippen LogP contribution is -2.11. The van der Waals surface area contributed by atoms with Crippen LogP contribution in [0.5, 0.6) is 11.5 Å². The molecule has 0 saturated carbocycles. The van der Waals surface area contributed by atoms with Crippen LogP contribution < -0.4 is 10.5 Å². The van der Waals surface area contributed by atoms with E-state index in [1.165, 1.54) is 0 Å². The van der Waals surface area contributed by atoms with Gasteiger partial charge in [-0.2, -0.15) is 0 Å². The minimum atomic E-state index is 0.311. The van der Waals surface area contributed by atoms with E-state index in [4.69, 9.17) is 10.5 Å². The van der Waals surface area contributed by atoms with Crippen LogP contribution >= 0.6 is 0 Å². The van der Waals surface area contributed by atoms with Crippen molar-refractivity contribution in [2.75, 3.05) is 13.2 Å². The van der Waals surface area contributed by atoms with Crippen LogP contribution in [0.25, 0.3) is 0 Å². The van der Waals surface area contributed by atoms with Crippen LogP contribution in [-0.2, 0) is 6.42 Å². The van der Waals surface area contributed by atoms with E-state index < -0.39 is 0 Å². The van der Waals surface area contributed by atoms with Crippen LogP contribution in [0.2, 0.25) is 0 Å². The van der Waals surface area contributed by atoms with E-state index in [1.54, 1.807) is 12.1 Å². The maximum absolute atomic E-state index is 9.42. The molecule has 0 amide bonds. The SMILES string of the molecule is NCCC1CCOc2ccc(O)cc2C1. The van der Waals surface area contributed by atoms with Crippen LogP contribution in [0.1, 0.15) is 18.4 Å². The molecule has 0 fully saturated rings. The van der Waals surface area contributed by atoms with E-state index in [2.05, 4.69) is 0 Å². The van der Waals surface area contributed by atoms with E-state index in [0.29, 0.717) is 11.7 Å². The van der Waals surface area contributed by atoms with Gasteiger partial charge in [0.1, 0.15) is 11.5 Å². The molecule has 0 bridgehead atoms. The number of hydrogen-bond acceptors (Lipinski definition) is 3. The summed E-state index contributed by atoms with van der Waals surface area (Å²) < 4.78 is 5.63. The minimum Gasteiger partial charge on any atom is -0.508 e. The Labute approximate surface area is 89.9 Å². The Kier molecular flexibility index (Phi) is 3.11. The Bertz CT molecular complexity index is 338. The van der Waals surface area contributed by atoms with Gasteiger partial charge in [-0.05, 0) is 55.5 Å². The maximum Gasteiger partial charge on any atom is 0.122 e. The summed E-state index contributed by atoms with van der Waals surface area (Å²) in [6, 6.07) is 5.31. The molecule has 0 aliphatic carbocycles. The number of phenolic OH excluding ortho intramolecular Hbond substituents is 1. The lowest BCUT2D eigenvalue weighted by atomic mass is 9.94. The monoisotopic (exact) mass is 207 g/mol. The van der Waals surface area contributed by atoms with Gasteiger partial charge in [0.15, 0.2) is 0 Å². The normalized spacial score (nSPS) is 20.2. The molecule has 0 saturated heterocycles. The van der Waals surface area contributed by atoms with E-state index in [-0.39, 0.29) is 0 Å². The van der Waals surface area contributed by atoms with Gasteiger partial charge >= 0.3 is 0 Å². The quantitative estimate of drug-likeness (QED) is 0.775. The van der Waals surface area contributed by atoms with Crippen molar-refractivity contribution in [3.63, 3.8) is 0 Å². The molecule has 1 aliphatic heterocycles. The molecule has 2 rings (SSSR count). The molecular weight excluding hydrogens is 190 g/mol. The van der Waals surface area contributed by atoms with Crippen LogP contribution in [0, 0.1) is 5.92 Å². The summed E-state index contributed by atoms with van der Waals surface area (Å²) in [5.74, 6) is 1.80. The second kappa shape index (κ2) is 4.53. The van der Waals surface area contributed by atoms with E-state index in [1.807, 2.05) is 6.07 Å². The van der Waals surface area contributed by atoms with Gasteiger partial charge in [-0.25, -0.2) is 0 Å². The van der Waals surface area contributed by atoms with Crippen LogP contribution in [0.3, 0.4) is 0 Å². The molecule has 3 heteroatoms. The lowest BCUT2D eigenvalue weighted by molar-refractivity contribution is 0.291. The molecule has 0 aromatic heterocycles. The number of phenols is 1. The Balaban J connectivity index is 2.19. The molecule has 1 aromatic rings. The summed E-state index contributed by atoms with van der Waals surface area (Å²) in [5, 5.41) is 9.42. The van der Waals surface area contributed by atoms with Gasteiger partial charge in [0.05, 0.1) is 6.61 Å². The first kappa shape index (κ1) is 10.3. The molecule has 3 N–H and O–H groups in total. The average molecular weight is 207 g/mol. The summed E-state index contributed by atoms with van der Waals surface area (Å²) in [6.45, 7) is 1.47. The zero-order valence-electron chi connectivity index (χ0n) is 8.78. The number of ether oxygens (including phenoxy) is 1. The highest BCUT2D eigenvalue weighted by Gasteiger charge is 2.17. The fraction of sp³-hybridized carbons (Fsp3) is 0.500. The maximum atomic E-state index is 9.42. The van der Waals surface area contributed by atoms with E-state index >= 15 is 0 Å². The largest absolute Gasteiger partial charge is 0.508 e. The Hall–Kier alpha value is -1.22. The summed E-state index contributed by atoms with van der Waals surface area (Å²) in [5.41, 5.74) is 6.67. The first-order valence-corrected chi connectivity index (χ1v) is 5.44. The van der Waals surface area contributed by atoms with Gasteiger partial charge in [0.2, 0.25) is 0 Å². The van der Waals surface area contributed by atoms with Crippen LogP contribution in [-0.4, -0.2) is 18.3 Å². The van der Waals surface area contributed by atoms with Crippen molar-refractivity contribution in [2.24, 2.45) is 11.7 Å².